The largest absolute Gasteiger partial charge is 0.468 e. The van der Waals surface area contributed by atoms with E-state index < -0.39 is 18.0 Å². The first-order valence-corrected chi connectivity index (χ1v) is 6.91. The quantitative estimate of drug-likeness (QED) is 0.813. The summed E-state index contributed by atoms with van der Waals surface area (Å²) in [5.41, 5.74) is 6.47. The Morgan fingerprint density at radius 1 is 1.55 bits per heavy atom. The Morgan fingerprint density at radius 2 is 2.30 bits per heavy atom. The number of esters is 2. The average molecular weight is 297 g/mol. The first-order chi connectivity index (χ1) is 9.58. The first-order valence-electron chi connectivity index (χ1n) is 6.03. The van der Waals surface area contributed by atoms with Crippen molar-refractivity contribution in [2.24, 2.45) is 5.73 Å². The van der Waals surface area contributed by atoms with Gasteiger partial charge in [0, 0.05) is 18.0 Å². The van der Waals surface area contributed by atoms with Gasteiger partial charge in [0.05, 0.1) is 19.4 Å². The highest BCUT2D eigenvalue weighted by Gasteiger charge is 2.25. The van der Waals surface area contributed by atoms with Crippen LogP contribution in [0.5, 0.6) is 0 Å². The van der Waals surface area contributed by atoms with Crippen molar-refractivity contribution in [2.75, 3.05) is 13.7 Å². The van der Waals surface area contributed by atoms with Crippen LogP contribution in [0, 0.1) is 0 Å². The van der Waals surface area contributed by atoms with E-state index in [1.807, 2.05) is 5.38 Å². The summed E-state index contributed by atoms with van der Waals surface area (Å²) in [7, 11) is 1.26. The molecule has 1 atom stereocenters. The minimum atomic E-state index is -0.863. The monoisotopic (exact) mass is 297 g/mol. The molecule has 0 aliphatic heterocycles. The van der Waals surface area contributed by atoms with E-state index in [2.05, 4.69) is 9.72 Å². The number of fused-ring (bicyclic) bond motifs is 1. The van der Waals surface area contributed by atoms with Gasteiger partial charge in [-0.25, -0.2) is 9.78 Å². The maximum Gasteiger partial charge on any atom is 0.357 e. The molecule has 8 heteroatoms. The molecule has 0 saturated heterocycles. The van der Waals surface area contributed by atoms with E-state index in [1.165, 1.54) is 18.4 Å². The number of hydrogen-bond donors (Lipinski definition) is 1. The van der Waals surface area contributed by atoms with Crippen molar-refractivity contribution in [1.29, 1.82) is 0 Å². The van der Waals surface area contributed by atoms with Crippen molar-refractivity contribution in [2.45, 2.75) is 19.4 Å². The van der Waals surface area contributed by atoms with Gasteiger partial charge in [-0.15, -0.1) is 11.3 Å². The number of imidazole rings is 1. The smallest absolute Gasteiger partial charge is 0.357 e. The molecule has 0 unspecified atom stereocenters. The first kappa shape index (κ1) is 14.5. The second kappa shape index (κ2) is 6.02. The van der Waals surface area contributed by atoms with Crippen molar-refractivity contribution in [3.05, 3.63) is 23.0 Å². The fourth-order valence-corrected chi connectivity index (χ4v) is 2.56. The Morgan fingerprint density at radius 3 is 2.95 bits per heavy atom. The summed E-state index contributed by atoms with van der Waals surface area (Å²) < 4.78 is 11.2. The molecule has 0 bridgehead atoms. The molecule has 0 amide bonds. The summed E-state index contributed by atoms with van der Waals surface area (Å²) in [5.74, 6) is -1.03. The van der Waals surface area contributed by atoms with Crippen molar-refractivity contribution in [1.82, 2.24) is 9.38 Å². The molecule has 0 spiro atoms. The second-order valence-corrected chi connectivity index (χ2v) is 4.89. The number of thiazole rings is 1. The Labute approximate surface area is 119 Å². The summed E-state index contributed by atoms with van der Waals surface area (Å²) in [5, 5.41) is 1.81. The molecule has 0 aromatic carbocycles. The van der Waals surface area contributed by atoms with Gasteiger partial charge in [0.1, 0.15) is 6.04 Å². The molecule has 0 saturated carbocycles. The number of rotatable bonds is 5. The zero-order chi connectivity index (χ0) is 14.7. The number of aromatic nitrogens is 2. The molecule has 0 aliphatic carbocycles. The molecule has 0 radical (unpaired) electrons. The molecule has 0 aliphatic rings. The Bertz CT molecular complexity index is 634. The standard InChI is InChI=1S/C12H15N3O4S/c1-3-19-11(17)9-8(6-7(13)10(16)18-2)14-12-15(9)4-5-20-12/h4-5,7H,3,6,13H2,1-2H3/t7-/m0/s1. The van der Waals surface area contributed by atoms with Crippen molar-refractivity contribution < 1.29 is 19.1 Å². The van der Waals surface area contributed by atoms with Crippen molar-refractivity contribution in [3.8, 4) is 0 Å². The molecule has 2 rings (SSSR count). The maximum atomic E-state index is 12.0. The molecular weight excluding hydrogens is 282 g/mol. The van der Waals surface area contributed by atoms with Gasteiger partial charge in [0.2, 0.25) is 0 Å². The molecule has 2 heterocycles. The van der Waals surface area contributed by atoms with E-state index >= 15 is 0 Å². The van der Waals surface area contributed by atoms with E-state index in [9.17, 15) is 9.59 Å². The van der Waals surface area contributed by atoms with Gasteiger partial charge >= 0.3 is 11.9 Å². The highest BCUT2D eigenvalue weighted by Crippen LogP contribution is 2.19. The van der Waals surface area contributed by atoms with E-state index in [1.54, 1.807) is 17.5 Å². The van der Waals surface area contributed by atoms with Gasteiger partial charge < -0.3 is 15.2 Å². The van der Waals surface area contributed by atoms with Crippen molar-refractivity contribution >= 4 is 28.2 Å². The lowest BCUT2D eigenvalue weighted by Crippen LogP contribution is -2.34. The van der Waals surface area contributed by atoms with Gasteiger partial charge in [0.15, 0.2) is 10.7 Å². The molecule has 2 N–H and O–H groups in total. The number of carbonyl (C=O) groups is 2. The van der Waals surface area contributed by atoms with Crippen LogP contribution < -0.4 is 5.73 Å². The lowest BCUT2D eigenvalue weighted by atomic mass is 10.1. The SMILES string of the molecule is CCOC(=O)c1c(C[C@H](N)C(=O)OC)nc2sccn12. The van der Waals surface area contributed by atoms with Crippen LogP contribution in [0.15, 0.2) is 11.6 Å². The molecule has 2 aromatic heterocycles. The molecule has 108 valence electrons. The van der Waals surface area contributed by atoms with E-state index in [0.717, 1.165) is 0 Å². The van der Waals surface area contributed by atoms with Gasteiger partial charge in [-0.1, -0.05) is 0 Å². The number of nitrogens with two attached hydrogens (primary N) is 1. The van der Waals surface area contributed by atoms with Crippen LogP contribution in [0.1, 0.15) is 23.1 Å². The van der Waals surface area contributed by atoms with Crippen LogP contribution >= 0.6 is 11.3 Å². The van der Waals surface area contributed by atoms with Crippen LogP contribution in [0.25, 0.3) is 4.96 Å². The summed E-state index contributed by atoms with van der Waals surface area (Å²) >= 11 is 1.39. The summed E-state index contributed by atoms with van der Waals surface area (Å²) in [6.45, 7) is 1.99. The Balaban J connectivity index is 2.36. The predicted octanol–water partition coefficient (Wildman–Crippen LogP) is 0.615. The summed E-state index contributed by atoms with van der Waals surface area (Å²) in [6, 6.07) is -0.863. The normalized spacial score (nSPS) is 12.3. The number of carbonyl (C=O) groups excluding carboxylic acids is 2. The average Bonchev–Trinajstić information content (AvgIpc) is 2.97. The Kier molecular flexibility index (Phi) is 4.35. The van der Waals surface area contributed by atoms with E-state index in [0.29, 0.717) is 16.3 Å². The minimum absolute atomic E-state index is 0.120. The van der Waals surface area contributed by atoms with Gasteiger partial charge in [0.25, 0.3) is 0 Å². The molecule has 20 heavy (non-hydrogen) atoms. The third kappa shape index (κ3) is 2.66. The second-order valence-electron chi connectivity index (χ2n) is 4.02. The number of nitrogens with zero attached hydrogens (tertiary/aromatic N) is 2. The van der Waals surface area contributed by atoms with Gasteiger partial charge in [-0.2, -0.15) is 0 Å². The van der Waals surface area contributed by atoms with Crippen LogP contribution in [0.3, 0.4) is 0 Å². The molecule has 2 aromatic rings. The van der Waals surface area contributed by atoms with E-state index in [-0.39, 0.29) is 13.0 Å². The van der Waals surface area contributed by atoms with Crippen LogP contribution in [0.2, 0.25) is 0 Å². The number of hydrogen-bond acceptors (Lipinski definition) is 7. The maximum absolute atomic E-state index is 12.0. The van der Waals surface area contributed by atoms with Gasteiger partial charge in [-0.3, -0.25) is 9.20 Å². The summed E-state index contributed by atoms with van der Waals surface area (Å²) in [6.07, 6.45) is 1.85. The lowest BCUT2D eigenvalue weighted by molar-refractivity contribution is -0.142. The number of ether oxygens (including phenoxy) is 2. The zero-order valence-electron chi connectivity index (χ0n) is 11.2. The molecule has 7 nitrogen and oxygen atoms in total. The van der Waals surface area contributed by atoms with Gasteiger partial charge in [-0.05, 0) is 6.92 Å². The Hall–Kier alpha value is -1.93. The molecule has 0 fully saturated rings. The fraction of sp³-hybridized carbons (Fsp3) is 0.417. The zero-order valence-corrected chi connectivity index (χ0v) is 12.0. The highest BCUT2D eigenvalue weighted by atomic mass is 32.1. The van der Waals surface area contributed by atoms with Crippen LogP contribution in [-0.4, -0.2) is 41.1 Å². The predicted molar refractivity (Wildman–Crippen MR) is 72.7 cm³/mol. The van der Waals surface area contributed by atoms with Crippen LogP contribution in [-0.2, 0) is 20.7 Å². The minimum Gasteiger partial charge on any atom is -0.468 e. The highest BCUT2D eigenvalue weighted by molar-refractivity contribution is 7.15. The molecular formula is C12H15N3O4S. The topological polar surface area (TPSA) is 95.9 Å². The van der Waals surface area contributed by atoms with Crippen molar-refractivity contribution in [3.63, 3.8) is 0 Å². The van der Waals surface area contributed by atoms with E-state index in [4.69, 9.17) is 10.5 Å². The third-order valence-corrected chi connectivity index (χ3v) is 3.48. The summed E-state index contributed by atoms with van der Waals surface area (Å²) in [4.78, 5) is 28.4. The number of methoxy groups -OCH3 is 1. The van der Waals surface area contributed by atoms with Crippen LogP contribution in [0.4, 0.5) is 0 Å². The lowest BCUT2D eigenvalue weighted by Gasteiger charge is -2.08. The third-order valence-electron chi connectivity index (χ3n) is 2.72. The fourth-order valence-electron chi connectivity index (χ4n) is 1.83.